The van der Waals surface area contributed by atoms with Crippen LogP contribution in [0.15, 0.2) is 36.5 Å². The van der Waals surface area contributed by atoms with Crippen molar-refractivity contribution in [3.63, 3.8) is 0 Å². The predicted molar refractivity (Wildman–Crippen MR) is 68.5 cm³/mol. The number of aromatic nitrogens is 1. The molecule has 2 atom stereocenters. The van der Waals surface area contributed by atoms with Gasteiger partial charge in [0.2, 0.25) is 0 Å². The number of nitrogens with zero attached hydrogens (tertiary/aromatic N) is 1. The lowest BCUT2D eigenvalue weighted by Crippen LogP contribution is -2.34. The summed E-state index contributed by atoms with van der Waals surface area (Å²) in [5, 5.41) is 13.3. The molecule has 1 aromatic heterocycles. The number of rotatable bonds is 2. The van der Waals surface area contributed by atoms with E-state index in [1.807, 2.05) is 30.3 Å². The Kier molecular flexibility index (Phi) is 2.72. The Hall–Kier alpha value is -1.94. The molecule has 0 aliphatic carbocycles. The molecule has 4 heteroatoms. The number of pyridine rings is 1. The fraction of sp³-hybridized carbons (Fsp3) is 0.286. The number of hydrogen-bond acceptors (Lipinski definition) is 3. The van der Waals surface area contributed by atoms with E-state index in [1.165, 1.54) is 0 Å². The summed E-state index contributed by atoms with van der Waals surface area (Å²) in [6.07, 6.45) is 2.59. The molecule has 0 bridgehead atoms. The summed E-state index contributed by atoms with van der Waals surface area (Å²) in [4.78, 5) is 15.6. The SMILES string of the molecule is O=C(O)C1NCCC1c1cccc2cccnc12. The van der Waals surface area contributed by atoms with Crippen LogP contribution in [0.4, 0.5) is 0 Å². The smallest absolute Gasteiger partial charge is 0.321 e. The molecule has 1 aliphatic heterocycles. The molecule has 2 aromatic rings. The zero-order valence-corrected chi connectivity index (χ0v) is 9.84. The Morgan fingerprint density at radius 1 is 1.33 bits per heavy atom. The van der Waals surface area contributed by atoms with Crippen molar-refractivity contribution < 1.29 is 9.90 Å². The summed E-state index contributed by atoms with van der Waals surface area (Å²) in [5.41, 5.74) is 1.95. The Morgan fingerprint density at radius 3 is 3.00 bits per heavy atom. The number of carboxylic acids is 1. The number of aliphatic carboxylic acids is 1. The van der Waals surface area contributed by atoms with Crippen LogP contribution in [-0.4, -0.2) is 28.6 Å². The first-order valence-corrected chi connectivity index (χ1v) is 6.07. The van der Waals surface area contributed by atoms with Gasteiger partial charge in [0.15, 0.2) is 0 Å². The second-order valence-corrected chi connectivity index (χ2v) is 4.59. The van der Waals surface area contributed by atoms with E-state index < -0.39 is 12.0 Å². The normalized spacial score (nSPS) is 23.3. The van der Waals surface area contributed by atoms with Crippen LogP contribution in [-0.2, 0) is 4.79 Å². The largest absolute Gasteiger partial charge is 0.480 e. The quantitative estimate of drug-likeness (QED) is 0.842. The fourth-order valence-corrected chi connectivity index (χ4v) is 2.72. The highest BCUT2D eigenvalue weighted by atomic mass is 16.4. The molecule has 1 fully saturated rings. The van der Waals surface area contributed by atoms with Gasteiger partial charge in [-0.2, -0.15) is 0 Å². The van der Waals surface area contributed by atoms with Crippen molar-refractivity contribution >= 4 is 16.9 Å². The first kappa shape index (κ1) is 11.2. The molecule has 0 radical (unpaired) electrons. The Morgan fingerprint density at radius 2 is 2.17 bits per heavy atom. The van der Waals surface area contributed by atoms with E-state index >= 15 is 0 Å². The minimum absolute atomic E-state index is 0.00102. The number of benzene rings is 1. The molecule has 1 aliphatic rings. The molecule has 1 aromatic carbocycles. The third-order valence-corrected chi connectivity index (χ3v) is 3.55. The van der Waals surface area contributed by atoms with Gasteiger partial charge < -0.3 is 10.4 Å². The van der Waals surface area contributed by atoms with Crippen molar-refractivity contribution in [1.82, 2.24) is 10.3 Å². The summed E-state index contributed by atoms with van der Waals surface area (Å²) in [6.45, 7) is 0.741. The molecule has 1 saturated heterocycles. The van der Waals surface area contributed by atoms with Crippen LogP contribution >= 0.6 is 0 Å². The van der Waals surface area contributed by atoms with E-state index in [0.29, 0.717) is 0 Å². The summed E-state index contributed by atoms with van der Waals surface area (Å²) in [6, 6.07) is 9.36. The topological polar surface area (TPSA) is 62.2 Å². The van der Waals surface area contributed by atoms with Crippen molar-refractivity contribution in [2.24, 2.45) is 0 Å². The van der Waals surface area contributed by atoms with Gasteiger partial charge in [0.25, 0.3) is 0 Å². The monoisotopic (exact) mass is 242 g/mol. The first-order chi connectivity index (χ1) is 8.77. The second kappa shape index (κ2) is 4.38. The second-order valence-electron chi connectivity index (χ2n) is 4.59. The number of fused-ring (bicyclic) bond motifs is 1. The number of carbonyl (C=O) groups is 1. The lowest BCUT2D eigenvalue weighted by Gasteiger charge is -2.17. The van der Waals surface area contributed by atoms with Gasteiger partial charge >= 0.3 is 5.97 Å². The van der Waals surface area contributed by atoms with Crippen LogP contribution in [0, 0.1) is 0 Å². The van der Waals surface area contributed by atoms with Crippen molar-refractivity contribution in [3.8, 4) is 0 Å². The maximum Gasteiger partial charge on any atom is 0.321 e. The van der Waals surface area contributed by atoms with E-state index in [9.17, 15) is 9.90 Å². The van der Waals surface area contributed by atoms with Crippen LogP contribution in [0.25, 0.3) is 10.9 Å². The van der Waals surface area contributed by atoms with E-state index in [0.717, 1.165) is 29.4 Å². The van der Waals surface area contributed by atoms with Gasteiger partial charge in [-0.05, 0) is 24.6 Å². The first-order valence-electron chi connectivity index (χ1n) is 6.07. The lowest BCUT2D eigenvalue weighted by molar-refractivity contribution is -0.139. The van der Waals surface area contributed by atoms with E-state index in [2.05, 4.69) is 10.3 Å². The number of hydrogen-bond donors (Lipinski definition) is 2. The zero-order chi connectivity index (χ0) is 12.5. The fourth-order valence-electron chi connectivity index (χ4n) is 2.72. The molecule has 4 nitrogen and oxygen atoms in total. The average molecular weight is 242 g/mol. The average Bonchev–Trinajstić information content (AvgIpc) is 2.87. The highest BCUT2D eigenvalue weighted by Gasteiger charge is 2.34. The van der Waals surface area contributed by atoms with Crippen LogP contribution in [0.3, 0.4) is 0 Å². The Labute approximate surface area is 105 Å². The Balaban J connectivity index is 2.11. The van der Waals surface area contributed by atoms with Gasteiger partial charge in [-0.25, -0.2) is 0 Å². The number of nitrogens with one attached hydrogen (secondary N) is 1. The van der Waals surface area contributed by atoms with Gasteiger partial charge in [0.1, 0.15) is 6.04 Å². The molecule has 0 saturated carbocycles. The number of carboxylic acid groups (broad SMARTS) is 1. The molecule has 0 spiro atoms. The molecule has 3 rings (SSSR count). The van der Waals surface area contributed by atoms with Gasteiger partial charge in [-0.1, -0.05) is 24.3 Å². The van der Waals surface area contributed by atoms with Crippen molar-refractivity contribution in [2.75, 3.05) is 6.54 Å². The maximum absolute atomic E-state index is 11.2. The predicted octanol–water partition coefficient (Wildman–Crippen LogP) is 1.76. The van der Waals surface area contributed by atoms with Crippen molar-refractivity contribution in [2.45, 2.75) is 18.4 Å². The van der Waals surface area contributed by atoms with E-state index in [4.69, 9.17) is 0 Å². The molecular formula is C14H14N2O2. The Bertz CT molecular complexity index is 592. The third kappa shape index (κ3) is 1.75. The van der Waals surface area contributed by atoms with Crippen molar-refractivity contribution in [3.05, 3.63) is 42.1 Å². The van der Waals surface area contributed by atoms with Crippen LogP contribution < -0.4 is 5.32 Å². The summed E-state index contributed by atoms with van der Waals surface area (Å²) in [7, 11) is 0. The number of para-hydroxylation sites is 1. The van der Waals surface area contributed by atoms with Crippen molar-refractivity contribution in [1.29, 1.82) is 0 Å². The molecule has 0 amide bonds. The molecule has 2 heterocycles. The molecule has 18 heavy (non-hydrogen) atoms. The summed E-state index contributed by atoms with van der Waals surface area (Å²) in [5.74, 6) is -0.786. The third-order valence-electron chi connectivity index (χ3n) is 3.55. The van der Waals surface area contributed by atoms with Gasteiger partial charge in [-0.3, -0.25) is 9.78 Å². The highest BCUT2D eigenvalue weighted by molar-refractivity contribution is 5.84. The summed E-state index contributed by atoms with van der Waals surface area (Å²) < 4.78 is 0. The highest BCUT2D eigenvalue weighted by Crippen LogP contribution is 2.32. The zero-order valence-electron chi connectivity index (χ0n) is 9.84. The molecule has 92 valence electrons. The van der Waals surface area contributed by atoms with E-state index in [1.54, 1.807) is 6.20 Å². The van der Waals surface area contributed by atoms with Gasteiger partial charge in [0, 0.05) is 17.5 Å². The lowest BCUT2D eigenvalue weighted by atomic mass is 9.90. The molecule has 2 N–H and O–H groups in total. The molecular weight excluding hydrogens is 228 g/mol. The van der Waals surface area contributed by atoms with E-state index in [-0.39, 0.29) is 5.92 Å². The maximum atomic E-state index is 11.2. The standard InChI is InChI=1S/C14H14N2O2/c17-14(18)13-11(6-8-16-13)10-5-1-3-9-4-2-7-15-12(9)10/h1-5,7,11,13,16H,6,8H2,(H,17,18). The minimum atomic E-state index is -0.787. The van der Waals surface area contributed by atoms with Crippen LogP contribution in [0.2, 0.25) is 0 Å². The van der Waals surface area contributed by atoms with Gasteiger partial charge in [0.05, 0.1) is 5.52 Å². The summed E-state index contributed by atoms with van der Waals surface area (Å²) >= 11 is 0. The van der Waals surface area contributed by atoms with Crippen LogP contribution in [0.5, 0.6) is 0 Å². The van der Waals surface area contributed by atoms with Crippen LogP contribution in [0.1, 0.15) is 17.9 Å². The molecule has 2 unspecified atom stereocenters. The van der Waals surface area contributed by atoms with Gasteiger partial charge in [-0.15, -0.1) is 0 Å². The minimum Gasteiger partial charge on any atom is -0.480 e.